The van der Waals surface area contributed by atoms with Crippen LogP contribution in [0.1, 0.15) is 28.4 Å². The zero-order valence-corrected chi connectivity index (χ0v) is 10.6. The minimum Gasteiger partial charge on any atom is -0.496 e. The minimum absolute atomic E-state index is 0.0386. The van der Waals surface area contributed by atoms with Gasteiger partial charge in [0.1, 0.15) is 5.75 Å². The van der Waals surface area contributed by atoms with Crippen LogP contribution in [0.25, 0.3) is 0 Å². The zero-order chi connectivity index (χ0) is 12.3. The maximum Gasteiger partial charge on any atom is 0.124 e. The third-order valence-electron chi connectivity index (χ3n) is 3.04. The Hall–Kier alpha value is -1.10. The maximum atomic E-state index is 5.51. The van der Waals surface area contributed by atoms with Gasteiger partial charge < -0.3 is 10.1 Å². The monoisotopic (exact) mass is 223 g/mol. The lowest BCUT2D eigenvalue weighted by Crippen LogP contribution is -2.37. The van der Waals surface area contributed by atoms with Crippen LogP contribution in [0.2, 0.25) is 0 Å². The van der Waals surface area contributed by atoms with Crippen molar-refractivity contribution < 1.29 is 4.74 Å². The Balaban J connectivity index is 3.32. The molecule has 1 atom stereocenters. The van der Waals surface area contributed by atoms with Gasteiger partial charge in [-0.3, -0.25) is 5.84 Å². The van der Waals surface area contributed by atoms with Gasteiger partial charge in [0.2, 0.25) is 0 Å². The Bertz CT molecular complexity index is 373. The summed E-state index contributed by atoms with van der Waals surface area (Å²) in [5.74, 6) is 6.46. The SMILES string of the molecule is CNC(NN)c1cc(C)c(OC)c(C)c1C. The molecule has 16 heavy (non-hydrogen) atoms. The van der Waals surface area contributed by atoms with Crippen molar-refractivity contribution in [3.8, 4) is 5.75 Å². The molecule has 4 heteroatoms. The number of hydrazine groups is 1. The normalized spacial score (nSPS) is 12.6. The third kappa shape index (κ3) is 2.19. The van der Waals surface area contributed by atoms with Crippen molar-refractivity contribution in [3.05, 3.63) is 28.3 Å². The smallest absolute Gasteiger partial charge is 0.124 e. The summed E-state index contributed by atoms with van der Waals surface area (Å²) in [6.45, 7) is 6.18. The summed E-state index contributed by atoms with van der Waals surface area (Å²) >= 11 is 0. The van der Waals surface area contributed by atoms with Gasteiger partial charge in [0.15, 0.2) is 0 Å². The molecule has 0 amide bonds. The van der Waals surface area contributed by atoms with Crippen LogP contribution in [-0.4, -0.2) is 14.2 Å². The van der Waals surface area contributed by atoms with Gasteiger partial charge in [0, 0.05) is 0 Å². The van der Waals surface area contributed by atoms with Gasteiger partial charge in [-0.15, -0.1) is 0 Å². The average molecular weight is 223 g/mol. The molecule has 0 aliphatic rings. The number of nitrogens with one attached hydrogen (secondary N) is 2. The minimum atomic E-state index is -0.0386. The highest BCUT2D eigenvalue weighted by Gasteiger charge is 2.15. The van der Waals surface area contributed by atoms with E-state index in [-0.39, 0.29) is 6.17 Å². The first-order chi connectivity index (χ1) is 7.56. The fourth-order valence-corrected chi connectivity index (χ4v) is 2.03. The zero-order valence-electron chi connectivity index (χ0n) is 10.6. The van der Waals surface area contributed by atoms with Crippen LogP contribution in [-0.2, 0) is 0 Å². The second-order valence-corrected chi connectivity index (χ2v) is 3.95. The fourth-order valence-electron chi connectivity index (χ4n) is 2.03. The molecule has 1 rings (SSSR count). The van der Waals surface area contributed by atoms with Crippen molar-refractivity contribution in [1.82, 2.24) is 10.7 Å². The molecule has 1 aromatic rings. The predicted octanol–water partition coefficient (Wildman–Crippen LogP) is 1.30. The highest BCUT2D eigenvalue weighted by molar-refractivity contribution is 5.49. The van der Waals surface area contributed by atoms with E-state index in [2.05, 4.69) is 30.7 Å². The molecule has 0 spiro atoms. The van der Waals surface area contributed by atoms with E-state index in [0.717, 1.165) is 22.4 Å². The van der Waals surface area contributed by atoms with E-state index < -0.39 is 0 Å². The molecule has 4 nitrogen and oxygen atoms in total. The number of nitrogens with two attached hydrogens (primary N) is 1. The second-order valence-electron chi connectivity index (χ2n) is 3.95. The first-order valence-electron chi connectivity index (χ1n) is 5.34. The van der Waals surface area contributed by atoms with Crippen LogP contribution in [0.3, 0.4) is 0 Å². The predicted molar refractivity (Wildman–Crippen MR) is 66.3 cm³/mol. The number of rotatable bonds is 4. The second kappa shape index (κ2) is 5.30. The Morgan fingerprint density at radius 2 is 1.88 bits per heavy atom. The number of benzene rings is 1. The summed E-state index contributed by atoms with van der Waals surface area (Å²) in [6.07, 6.45) is -0.0386. The van der Waals surface area contributed by atoms with Gasteiger partial charge in [-0.25, -0.2) is 5.43 Å². The molecular formula is C12H21N3O. The third-order valence-corrected chi connectivity index (χ3v) is 3.04. The van der Waals surface area contributed by atoms with Gasteiger partial charge in [0.05, 0.1) is 13.3 Å². The highest BCUT2D eigenvalue weighted by Crippen LogP contribution is 2.30. The maximum absolute atomic E-state index is 5.51. The number of aryl methyl sites for hydroxylation is 1. The number of hydrogen-bond acceptors (Lipinski definition) is 4. The summed E-state index contributed by atoms with van der Waals surface area (Å²) in [7, 11) is 3.57. The van der Waals surface area contributed by atoms with Gasteiger partial charge in [0.25, 0.3) is 0 Å². The van der Waals surface area contributed by atoms with Crippen molar-refractivity contribution in [2.45, 2.75) is 26.9 Å². The molecule has 90 valence electrons. The molecule has 4 N–H and O–H groups in total. The molecule has 0 heterocycles. The molecule has 0 aliphatic heterocycles. The van der Waals surface area contributed by atoms with E-state index in [1.807, 2.05) is 14.0 Å². The molecule has 0 bridgehead atoms. The molecule has 0 aliphatic carbocycles. The summed E-state index contributed by atoms with van der Waals surface area (Å²) in [6, 6.07) is 2.10. The van der Waals surface area contributed by atoms with Crippen molar-refractivity contribution in [3.63, 3.8) is 0 Å². The van der Waals surface area contributed by atoms with Crippen LogP contribution in [0.5, 0.6) is 5.75 Å². The van der Waals surface area contributed by atoms with Crippen molar-refractivity contribution in [1.29, 1.82) is 0 Å². The molecular weight excluding hydrogens is 202 g/mol. The molecule has 0 saturated carbocycles. The van der Waals surface area contributed by atoms with Gasteiger partial charge in [-0.1, -0.05) is 0 Å². The lowest BCUT2D eigenvalue weighted by Gasteiger charge is -2.21. The van der Waals surface area contributed by atoms with Crippen molar-refractivity contribution in [2.75, 3.05) is 14.2 Å². The number of methoxy groups -OCH3 is 1. The van der Waals surface area contributed by atoms with Crippen molar-refractivity contribution in [2.24, 2.45) is 5.84 Å². The van der Waals surface area contributed by atoms with E-state index in [1.54, 1.807) is 7.11 Å². The Morgan fingerprint density at radius 1 is 1.25 bits per heavy atom. The first kappa shape index (κ1) is 13.0. The molecule has 0 fully saturated rings. The van der Waals surface area contributed by atoms with Crippen LogP contribution >= 0.6 is 0 Å². The molecule has 0 aromatic heterocycles. The molecule has 0 radical (unpaired) electrons. The summed E-state index contributed by atoms with van der Waals surface area (Å²) < 4.78 is 5.39. The fraction of sp³-hybridized carbons (Fsp3) is 0.500. The highest BCUT2D eigenvalue weighted by atomic mass is 16.5. The van der Waals surface area contributed by atoms with Gasteiger partial charge in [-0.05, 0) is 56.1 Å². The van der Waals surface area contributed by atoms with Gasteiger partial charge >= 0.3 is 0 Å². The molecule has 1 aromatic carbocycles. The summed E-state index contributed by atoms with van der Waals surface area (Å²) in [5, 5.41) is 3.12. The quantitative estimate of drug-likeness (QED) is 0.409. The summed E-state index contributed by atoms with van der Waals surface area (Å²) in [4.78, 5) is 0. The summed E-state index contributed by atoms with van der Waals surface area (Å²) in [5.41, 5.74) is 7.38. The Kier molecular flexibility index (Phi) is 4.29. The van der Waals surface area contributed by atoms with E-state index in [1.165, 1.54) is 5.56 Å². The topological polar surface area (TPSA) is 59.3 Å². The average Bonchev–Trinajstić information content (AvgIpc) is 2.27. The lowest BCUT2D eigenvalue weighted by atomic mass is 9.97. The van der Waals surface area contributed by atoms with E-state index >= 15 is 0 Å². The van der Waals surface area contributed by atoms with E-state index in [4.69, 9.17) is 10.6 Å². The van der Waals surface area contributed by atoms with E-state index in [0.29, 0.717) is 0 Å². The first-order valence-corrected chi connectivity index (χ1v) is 5.34. The lowest BCUT2D eigenvalue weighted by molar-refractivity contribution is 0.406. The van der Waals surface area contributed by atoms with Crippen molar-refractivity contribution >= 4 is 0 Å². The van der Waals surface area contributed by atoms with Crippen LogP contribution in [0.15, 0.2) is 6.07 Å². The van der Waals surface area contributed by atoms with Crippen LogP contribution in [0, 0.1) is 20.8 Å². The Labute approximate surface area is 97.1 Å². The largest absolute Gasteiger partial charge is 0.496 e. The van der Waals surface area contributed by atoms with E-state index in [9.17, 15) is 0 Å². The van der Waals surface area contributed by atoms with Crippen LogP contribution < -0.4 is 21.3 Å². The van der Waals surface area contributed by atoms with Crippen LogP contribution in [0.4, 0.5) is 0 Å². The standard InChI is InChI=1S/C12H21N3O/c1-7-6-10(12(14-4)15-13)8(2)9(3)11(7)16-5/h6,12,14-15H,13H2,1-5H3. The Morgan fingerprint density at radius 3 is 2.31 bits per heavy atom. The molecule has 0 saturated heterocycles. The molecule has 1 unspecified atom stereocenters. The van der Waals surface area contributed by atoms with Gasteiger partial charge in [-0.2, -0.15) is 0 Å². The number of ether oxygens (including phenoxy) is 1. The number of hydrogen-bond donors (Lipinski definition) is 3.